The normalized spacial score (nSPS) is 19.0. The van der Waals surface area contributed by atoms with Crippen molar-refractivity contribution in [3.63, 3.8) is 0 Å². The molecule has 3 N–H and O–H groups in total. The predicted octanol–water partition coefficient (Wildman–Crippen LogP) is 0.365. The van der Waals surface area contributed by atoms with Crippen molar-refractivity contribution in [1.29, 1.82) is 0 Å². The summed E-state index contributed by atoms with van der Waals surface area (Å²) in [4.78, 5) is 13.9. The maximum absolute atomic E-state index is 12.2. The first-order valence-electron chi connectivity index (χ1n) is 6.50. The number of hydrogen-bond donors (Lipinski definition) is 2. The lowest BCUT2D eigenvalue weighted by Crippen LogP contribution is -2.50. The van der Waals surface area contributed by atoms with E-state index in [1.165, 1.54) is 6.07 Å². The first-order valence-corrected chi connectivity index (χ1v) is 8.86. The Kier molecular flexibility index (Phi) is 4.79. The van der Waals surface area contributed by atoms with Gasteiger partial charge in [0.15, 0.2) is 0 Å². The number of amides is 1. The van der Waals surface area contributed by atoms with E-state index in [-0.39, 0.29) is 16.2 Å². The van der Waals surface area contributed by atoms with Gasteiger partial charge in [-0.3, -0.25) is 4.79 Å². The van der Waals surface area contributed by atoms with Gasteiger partial charge in [0.05, 0.1) is 6.04 Å². The molecule has 1 unspecified atom stereocenters. The Bertz CT molecular complexity index is 549. The van der Waals surface area contributed by atoms with E-state index in [0.717, 1.165) is 24.2 Å². The second kappa shape index (κ2) is 6.21. The topological polar surface area (TPSA) is 92.5 Å². The van der Waals surface area contributed by atoms with Crippen LogP contribution >= 0.6 is 11.3 Å². The van der Waals surface area contributed by atoms with Crippen molar-refractivity contribution in [2.45, 2.75) is 36.1 Å². The summed E-state index contributed by atoms with van der Waals surface area (Å²) in [6.45, 7) is 2.75. The maximum atomic E-state index is 12.2. The van der Waals surface area contributed by atoms with Gasteiger partial charge in [-0.1, -0.05) is 6.07 Å². The molecule has 1 amide bonds. The van der Waals surface area contributed by atoms with E-state index in [9.17, 15) is 13.2 Å². The molecule has 0 saturated carbocycles. The van der Waals surface area contributed by atoms with E-state index < -0.39 is 16.1 Å². The SMILES string of the molecule is CC(NS(=O)(=O)c1cccs1)C(=O)N1CCC(N)CC1. The number of thiophene rings is 1. The second-order valence-electron chi connectivity index (χ2n) is 4.94. The summed E-state index contributed by atoms with van der Waals surface area (Å²) < 4.78 is 26.8. The highest BCUT2D eigenvalue weighted by molar-refractivity contribution is 7.91. The molecule has 8 heteroatoms. The average molecular weight is 317 g/mol. The molecule has 1 aliphatic rings. The zero-order valence-corrected chi connectivity index (χ0v) is 12.9. The third-order valence-electron chi connectivity index (χ3n) is 3.31. The van der Waals surface area contributed by atoms with E-state index in [1.54, 1.807) is 23.3 Å². The third kappa shape index (κ3) is 3.57. The van der Waals surface area contributed by atoms with Crippen LogP contribution in [0.4, 0.5) is 0 Å². The fourth-order valence-electron chi connectivity index (χ4n) is 2.15. The average Bonchev–Trinajstić information content (AvgIpc) is 2.93. The van der Waals surface area contributed by atoms with Crippen LogP contribution in [0.1, 0.15) is 19.8 Å². The molecule has 1 atom stereocenters. The van der Waals surface area contributed by atoms with E-state index in [0.29, 0.717) is 13.1 Å². The first kappa shape index (κ1) is 15.4. The number of likely N-dealkylation sites (tertiary alicyclic amines) is 1. The lowest BCUT2D eigenvalue weighted by Gasteiger charge is -2.32. The van der Waals surface area contributed by atoms with Gasteiger partial charge in [-0.25, -0.2) is 8.42 Å². The number of hydrogen-bond acceptors (Lipinski definition) is 5. The third-order valence-corrected chi connectivity index (χ3v) is 6.25. The van der Waals surface area contributed by atoms with Gasteiger partial charge in [0.1, 0.15) is 4.21 Å². The number of nitrogens with two attached hydrogens (primary N) is 1. The van der Waals surface area contributed by atoms with Crippen molar-refractivity contribution in [3.05, 3.63) is 17.5 Å². The maximum Gasteiger partial charge on any atom is 0.250 e. The highest BCUT2D eigenvalue weighted by Crippen LogP contribution is 2.16. The molecule has 1 aromatic rings. The predicted molar refractivity (Wildman–Crippen MR) is 77.9 cm³/mol. The van der Waals surface area contributed by atoms with Crippen molar-refractivity contribution in [2.24, 2.45) is 5.73 Å². The molecule has 1 aromatic heterocycles. The van der Waals surface area contributed by atoms with Crippen LogP contribution in [0.25, 0.3) is 0 Å². The Morgan fingerprint density at radius 3 is 2.70 bits per heavy atom. The molecule has 2 rings (SSSR count). The molecule has 0 spiro atoms. The van der Waals surface area contributed by atoms with E-state index in [2.05, 4.69) is 4.72 Å². The number of carbonyl (C=O) groups excluding carboxylic acids is 1. The number of sulfonamides is 1. The molecule has 0 aromatic carbocycles. The summed E-state index contributed by atoms with van der Waals surface area (Å²) >= 11 is 1.13. The van der Waals surface area contributed by atoms with Gasteiger partial charge in [0.2, 0.25) is 5.91 Å². The van der Waals surface area contributed by atoms with E-state index in [1.807, 2.05) is 0 Å². The molecule has 6 nitrogen and oxygen atoms in total. The highest BCUT2D eigenvalue weighted by Gasteiger charge is 2.28. The van der Waals surface area contributed by atoms with Gasteiger partial charge in [0, 0.05) is 19.1 Å². The van der Waals surface area contributed by atoms with Crippen LogP contribution < -0.4 is 10.5 Å². The largest absolute Gasteiger partial charge is 0.341 e. The van der Waals surface area contributed by atoms with Crippen LogP contribution in [0, 0.1) is 0 Å². The van der Waals surface area contributed by atoms with Crippen LogP contribution in [0.2, 0.25) is 0 Å². The molecule has 0 bridgehead atoms. The minimum atomic E-state index is -3.61. The van der Waals surface area contributed by atoms with Crippen LogP contribution in [-0.2, 0) is 14.8 Å². The Balaban J connectivity index is 1.98. The standard InChI is InChI=1S/C12H19N3O3S2/c1-9(12(16)15-6-4-10(13)5-7-15)14-20(17,18)11-3-2-8-19-11/h2-3,8-10,14H,4-7,13H2,1H3. The fraction of sp³-hybridized carbons (Fsp3) is 0.583. The van der Waals surface area contributed by atoms with Crippen molar-refractivity contribution in [2.75, 3.05) is 13.1 Å². The number of carbonyl (C=O) groups is 1. The summed E-state index contributed by atoms with van der Waals surface area (Å²) in [5, 5.41) is 1.69. The Morgan fingerprint density at radius 2 is 2.15 bits per heavy atom. The Morgan fingerprint density at radius 1 is 1.50 bits per heavy atom. The smallest absolute Gasteiger partial charge is 0.250 e. The van der Waals surface area contributed by atoms with Gasteiger partial charge >= 0.3 is 0 Å². The molecular weight excluding hydrogens is 298 g/mol. The monoisotopic (exact) mass is 317 g/mol. The minimum Gasteiger partial charge on any atom is -0.341 e. The fourth-order valence-corrected chi connectivity index (χ4v) is 4.36. The number of nitrogens with one attached hydrogen (secondary N) is 1. The quantitative estimate of drug-likeness (QED) is 0.839. The minimum absolute atomic E-state index is 0.136. The summed E-state index contributed by atoms with van der Waals surface area (Å²) in [5.41, 5.74) is 5.79. The van der Waals surface area contributed by atoms with Gasteiger partial charge in [-0.15, -0.1) is 11.3 Å². The molecule has 0 radical (unpaired) electrons. The van der Waals surface area contributed by atoms with E-state index in [4.69, 9.17) is 5.73 Å². The van der Waals surface area contributed by atoms with Crippen LogP contribution in [-0.4, -0.2) is 44.4 Å². The number of piperidine rings is 1. The van der Waals surface area contributed by atoms with Crippen molar-refractivity contribution in [1.82, 2.24) is 9.62 Å². The molecule has 1 fully saturated rings. The molecule has 0 aliphatic carbocycles. The number of rotatable bonds is 4. The zero-order chi connectivity index (χ0) is 14.8. The van der Waals surface area contributed by atoms with Crippen molar-refractivity contribution >= 4 is 27.3 Å². The summed E-state index contributed by atoms with van der Waals surface area (Å²) in [7, 11) is -3.61. The van der Waals surface area contributed by atoms with Gasteiger partial charge < -0.3 is 10.6 Å². The molecule has 1 aliphatic heterocycles. The molecule has 20 heavy (non-hydrogen) atoms. The Labute approximate surface area is 123 Å². The highest BCUT2D eigenvalue weighted by atomic mass is 32.2. The molecule has 2 heterocycles. The van der Waals surface area contributed by atoms with Crippen molar-refractivity contribution in [3.8, 4) is 0 Å². The van der Waals surface area contributed by atoms with E-state index >= 15 is 0 Å². The zero-order valence-electron chi connectivity index (χ0n) is 11.3. The number of nitrogens with zero attached hydrogens (tertiary/aromatic N) is 1. The van der Waals surface area contributed by atoms with Gasteiger partial charge in [0.25, 0.3) is 10.0 Å². The summed E-state index contributed by atoms with van der Waals surface area (Å²) in [6.07, 6.45) is 1.52. The molecule has 1 saturated heterocycles. The summed E-state index contributed by atoms with van der Waals surface area (Å²) in [6, 6.07) is 2.55. The van der Waals surface area contributed by atoms with Gasteiger partial charge in [-0.05, 0) is 31.2 Å². The molecule has 112 valence electrons. The van der Waals surface area contributed by atoms with Crippen LogP contribution in [0.3, 0.4) is 0 Å². The van der Waals surface area contributed by atoms with Crippen molar-refractivity contribution < 1.29 is 13.2 Å². The second-order valence-corrected chi connectivity index (χ2v) is 7.83. The van der Waals surface area contributed by atoms with Gasteiger partial charge in [-0.2, -0.15) is 4.72 Å². The Hall–Kier alpha value is -0.960. The van der Waals surface area contributed by atoms with Crippen LogP contribution in [0.15, 0.2) is 21.7 Å². The molecular formula is C12H19N3O3S2. The summed E-state index contributed by atoms with van der Waals surface area (Å²) in [5.74, 6) is -0.197. The first-order chi connectivity index (χ1) is 9.40. The lowest BCUT2D eigenvalue weighted by atomic mass is 10.1. The van der Waals surface area contributed by atoms with Crippen LogP contribution in [0.5, 0.6) is 0 Å². The lowest BCUT2D eigenvalue weighted by molar-refractivity contribution is -0.133.